The highest BCUT2D eigenvalue weighted by molar-refractivity contribution is 5.35. The predicted octanol–water partition coefficient (Wildman–Crippen LogP) is 3.06. The van der Waals surface area contributed by atoms with E-state index in [1.54, 1.807) is 13.0 Å². The number of rotatable bonds is 5. The molecule has 2 rings (SSSR count). The van der Waals surface area contributed by atoms with Gasteiger partial charge in [0.1, 0.15) is 11.6 Å². The van der Waals surface area contributed by atoms with Gasteiger partial charge in [0.05, 0.1) is 12.7 Å². The summed E-state index contributed by atoms with van der Waals surface area (Å²) in [5, 5.41) is 9.50. The SMILES string of the molecule is C[C@@H](O)c1cc(F)ccc1OCCC1CC1. The summed E-state index contributed by atoms with van der Waals surface area (Å²) in [6, 6.07) is 4.28. The van der Waals surface area contributed by atoms with Gasteiger partial charge >= 0.3 is 0 Å². The van der Waals surface area contributed by atoms with Gasteiger partial charge < -0.3 is 9.84 Å². The van der Waals surface area contributed by atoms with Crippen molar-refractivity contribution in [1.29, 1.82) is 0 Å². The van der Waals surface area contributed by atoms with Crippen LogP contribution in [0.4, 0.5) is 4.39 Å². The van der Waals surface area contributed by atoms with Crippen LogP contribution in [0.25, 0.3) is 0 Å². The first-order chi connectivity index (χ1) is 7.66. The van der Waals surface area contributed by atoms with Crippen molar-refractivity contribution in [3.8, 4) is 5.75 Å². The summed E-state index contributed by atoms with van der Waals surface area (Å²) in [7, 11) is 0. The zero-order chi connectivity index (χ0) is 11.5. The van der Waals surface area contributed by atoms with Gasteiger partial charge in [-0.15, -0.1) is 0 Å². The van der Waals surface area contributed by atoms with E-state index in [0.717, 1.165) is 12.3 Å². The molecule has 0 saturated heterocycles. The van der Waals surface area contributed by atoms with Crippen LogP contribution in [0.5, 0.6) is 5.75 Å². The van der Waals surface area contributed by atoms with Crippen molar-refractivity contribution < 1.29 is 14.2 Å². The van der Waals surface area contributed by atoms with E-state index in [9.17, 15) is 9.50 Å². The molecule has 0 radical (unpaired) electrons. The molecular formula is C13H17FO2. The second-order valence-electron chi connectivity index (χ2n) is 4.44. The number of aliphatic hydroxyl groups excluding tert-OH is 1. The van der Waals surface area contributed by atoms with Crippen LogP contribution in [0.2, 0.25) is 0 Å². The molecule has 1 aromatic carbocycles. The zero-order valence-electron chi connectivity index (χ0n) is 9.45. The van der Waals surface area contributed by atoms with Crippen molar-refractivity contribution >= 4 is 0 Å². The summed E-state index contributed by atoms with van der Waals surface area (Å²) in [6.45, 7) is 2.26. The van der Waals surface area contributed by atoms with Gasteiger partial charge in [0.25, 0.3) is 0 Å². The topological polar surface area (TPSA) is 29.5 Å². The van der Waals surface area contributed by atoms with Gasteiger partial charge in [-0.1, -0.05) is 12.8 Å². The molecule has 1 fully saturated rings. The van der Waals surface area contributed by atoms with Crippen LogP contribution < -0.4 is 4.74 Å². The van der Waals surface area contributed by atoms with Crippen LogP contribution in [0.15, 0.2) is 18.2 Å². The molecule has 0 heterocycles. The molecule has 0 amide bonds. The first-order valence-corrected chi connectivity index (χ1v) is 5.77. The van der Waals surface area contributed by atoms with E-state index in [1.807, 2.05) is 0 Å². The molecule has 0 unspecified atom stereocenters. The normalized spacial score (nSPS) is 17.2. The molecule has 88 valence electrons. The van der Waals surface area contributed by atoms with E-state index in [0.29, 0.717) is 17.9 Å². The molecule has 1 aliphatic rings. The number of hydrogen-bond donors (Lipinski definition) is 1. The summed E-state index contributed by atoms with van der Waals surface area (Å²) >= 11 is 0. The number of hydrogen-bond acceptors (Lipinski definition) is 2. The number of ether oxygens (including phenoxy) is 1. The Kier molecular flexibility index (Phi) is 3.44. The Labute approximate surface area is 95.1 Å². The molecule has 3 heteroatoms. The van der Waals surface area contributed by atoms with Gasteiger partial charge in [-0.25, -0.2) is 4.39 Å². The molecule has 16 heavy (non-hydrogen) atoms. The second kappa shape index (κ2) is 4.83. The highest BCUT2D eigenvalue weighted by atomic mass is 19.1. The van der Waals surface area contributed by atoms with Crippen molar-refractivity contribution in [3.05, 3.63) is 29.6 Å². The maximum Gasteiger partial charge on any atom is 0.125 e. The maximum absolute atomic E-state index is 13.0. The lowest BCUT2D eigenvalue weighted by atomic mass is 10.1. The Morgan fingerprint density at radius 1 is 1.50 bits per heavy atom. The maximum atomic E-state index is 13.0. The van der Waals surface area contributed by atoms with Gasteiger partial charge in [-0.2, -0.15) is 0 Å². The third-order valence-corrected chi connectivity index (χ3v) is 2.90. The van der Waals surface area contributed by atoms with Crippen LogP contribution in [0, 0.1) is 11.7 Å². The summed E-state index contributed by atoms with van der Waals surface area (Å²) in [4.78, 5) is 0. The van der Waals surface area contributed by atoms with Gasteiger partial charge in [-0.3, -0.25) is 0 Å². The Balaban J connectivity index is 1.99. The van der Waals surface area contributed by atoms with Crippen molar-refractivity contribution in [2.75, 3.05) is 6.61 Å². The van der Waals surface area contributed by atoms with Crippen LogP contribution in [-0.4, -0.2) is 11.7 Å². The number of benzene rings is 1. The fourth-order valence-electron chi connectivity index (χ4n) is 1.72. The molecule has 0 aliphatic heterocycles. The molecule has 0 spiro atoms. The monoisotopic (exact) mass is 224 g/mol. The van der Waals surface area contributed by atoms with E-state index >= 15 is 0 Å². The molecule has 1 atom stereocenters. The molecule has 1 aromatic rings. The summed E-state index contributed by atoms with van der Waals surface area (Å²) < 4.78 is 18.6. The first-order valence-electron chi connectivity index (χ1n) is 5.77. The minimum atomic E-state index is -0.702. The average Bonchev–Trinajstić information content (AvgIpc) is 3.04. The third-order valence-electron chi connectivity index (χ3n) is 2.90. The standard InChI is InChI=1S/C13H17FO2/c1-9(15)12-8-11(14)4-5-13(12)16-7-6-10-2-3-10/h4-5,8-10,15H,2-3,6-7H2,1H3/t9-/m1/s1. The fourth-order valence-corrected chi connectivity index (χ4v) is 1.72. The minimum Gasteiger partial charge on any atom is -0.493 e. The Morgan fingerprint density at radius 3 is 2.88 bits per heavy atom. The molecule has 2 nitrogen and oxygen atoms in total. The van der Waals surface area contributed by atoms with E-state index in [-0.39, 0.29) is 5.82 Å². The first kappa shape index (κ1) is 11.4. The van der Waals surface area contributed by atoms with E-state index < -0.39 is 6.10 Å². The molecule has 0 aromatic heterocycles. The van der Waals surface area contributed by atoms with Crippen molar-refractivity contribution in [3.63, 3.8) is 0 Å². The van der Waals surface area contributed by atoms with Gasteiger partial charge in [0.2, 0.25) is 0 Å². The van der Waals surface area contributed by atoms with Crippen LogP contribution in [0.1, 0.15) is 37.9 Å². The predicted molar refractivity (Wildman–Crippen MR) is 59.9 cm³/mol. The molecule has 1 saturated carbocycles. The molecule has 0 bridgehead atoms. The summed E-state index contributed by atoms with van der Waals surface area (Å²) in [6.07, 6.45) is 2.95. The number of halogens is 1. The Bertz CT molecular complexity index is 359. The highest BCUT2D eigenvalue weighted by Gasteiger charge is 2.21. The number of aliphatic hydroxyl groups is 1. The van der Waals surface area contributed by atoms with E-state index in [1.165, 1.54) is 25.0 Å². The van der Waals surface area contributed by atoms with Gasteiger partial charge in [0.15, 0.2) is 0 Å². The fraction of sp³-hybridized carbons (Fsp3) is 0.538. The third kappa shape index (κ3) is 2.95. The van der Waals surface area contributed by atoms with E-state index in [2.05, 4.69) is 0 Å². The van der Waals surface area contributed by atoms with Gasteiger partial charge in [0, 0.05) is 5.56 Å². The largest absolute Gasteiger partial charge is 0.493 e. The van der Waals surface area contributed by atoms with Crippen LogP contribution in [0.3, 0.4) is 0 Å². The Hall–Kier alpha value is -1.09. The average molecular weight is 224 g/mol. The lowest BCUT2D eigenvalue weighted by Crippen LogP contribution is -2.03. The summed E-state index contributed by atoms with van der Waals surface area (Å²) in [5.41, 5.74) is 0.524. The zero-order valence-corrected chi connectivity index (χ0v) is 9.45. The second-order valence-corrected chi connectivity index (χ2v) is 4.44. The molecule has 1 aliphatic carbocycles. The lowest BCUT2D eigenvalue weighted by molar-refractivity contribution is 0.190. The summed E-state index contributed by atoms with van der Waals surface area (Å²) in [5.74, 6) is 1.07. The van der Waals surface area contributed by atoms with Crippen LogP contribution >= 0.6 is 0 Å². The van der Waals surface area contributed by atoms with E-state index in [4.69, 9.17) is 4.74 Å². The van der Waals surface area contributed by atoms with Crippen molar-refractivity contribution in [1.82, 2.24) is 0 Å². The smallest absolute Gasteiger partial charge is 0.125 e. The van der Waals surface area contributed by atoms with Crippen LogP contribution in [-0.2, 0) is 0 Å². The Morgan fingerprint density at radius 2 is 2.25 bits per heavy atom. The lowest BCUT2D eigenvalue weighted by Gasteiger charge is -2.13. The minimum absolute atomic E-state index is 0.342. The molecule has 1 N–H and O–H groups in total. The van der Waals surface area contributed by atoms with Crippen molar-refractivity contribution in [2.45, 2.75) is 32.3 Å². The highest BCUT2D eigenvalue weighted by Crippen LogP contribution is 2.33. The van der Waals surface area contributed by atoms with Crippen molar-refractivity contribution in [2.24, 2.45) is 5.92 Å². The quantitative estimate of drug-likeness (QED) is 0.833. The van der Waals surface area contributed by atoms with Gasteiger partial charge in [-0.05, 0) is 37.5 Å². The molecular weight excluding hydrogens is 207 g/mol.